The van der Waals surface area contributed by atoms with E-state index in [0.717, 1.165) is 53.9 Å². The van der Waals surface area contributed by atoms with Gasteiger partial charge < -0.3 is 4.42 Å². The SMILES string of the molecule is Cc1ccc2cc(-c3sc4c(C)c([N+](=O)[O-])cc(C)c4c3C)oc2c1. The summed E-state index contributed by atoms with van der Waals surface area (Å²) >= 11 is 1.57. The number of hydrogen-bond donors (Lipinski definition) is 0. The summed E-state index contributed by atoms with van der Waals surface area (Å²) in [6.45, 7) is 7.85. The van der Waals surface area contributed by atoms with E-state index in [1.165, 1.54) is 0 Å². The summed E-state index contributed by atoms with van der Waals surface area (Å²) < 4.78 is 7.05. The lowest BCUT2D eigenvalue weighted by Crippen LogP contribution is -1.93. The second-order valence-corrected chi connectivity index (χ2v) is 7.53. The summed E-state index contributed by atoms with van der Waals surface area (Å²) in [7, 11) is 0. The molecule has 126 valence electrons. The van der Waals surface area contributed by atoms with Gasteiger partial charge in [0.15, 0.2) is 0 Å². The van der Waals surface area contributed by atoms with E-state index in [0.29, 0.717) is 0 Å². The molecule has 2 heterocycles. The average molecular weight is 351 g/mol. The molecule has 0 atom stereocenters. The molecule has 0 bridgehead atoms. The van der Waals surface area contributed by atoms with Crippen LogP contribution in [0.1, 0.15) is 22.3 Å². The lowest BCUT2D eigenvalue weighted by atomic mass is 10.0. The van der Waals surface area contributed by atoms with Gasteiger partial charge in [-0.15, -0.1) is 11.3 Å². The topological polar surface area (TPSA) is 56.3 Å². The van der Waals surface area contributed by atoms with Crippen LogP contribution < -0.4 is 0 Å². The molecule has 0 saturated heterocycles. The number of furan rings is 1. The van der Waals surface area contributed by atoms with Crippen molar-refractivity contribution in [3.63, 3.8) is 0 Å². The van der Waals surface area contributed by atoms with Crippen LogP contribution in [0.25, 0.3) is 31.7 Å². The van der Waals surface area contributed by atoms with E-state index in [1.807, 2.05) is 32.9 Å². The van der Waals surface area contributed by atoms with Gasteiger partial charge in [-0.05, 0) is 61.9 Å². The van der Waals surface area contributed by atoms with E-state index in [2.05, 4.69) is 19.1 Å². The minimum atomic E-state index is -0.305. The third-order valence-electron chi connectivity index (χ3n) is 4.72. The third kappa shape index (κ3) is 2.35. The zero-order valence-corrected chi connectivity index (χ0v) is 15.3. The molecule has 4 rings (SSSR count). The van der Waals surface area contributed by atoms with Crippen molar-refractivity contribution in [3.8, 4) is 10.6 Å². The summed E-state index contributed by atoms with van der Waals surface area (Å²) in [5.41, 5.74) is 4.97. The number of rotatable bonds is 2. The van der Waals surface area contributed by atoms with Crippen molar-refractivity contribution < 1.29 is 9.34 Å². The quantitative estimate of drug-likeness (QED) is 0.308. The first-order valence-corrected chi connectivity index (χ1v) is 8.86. The minimum Gasteiger partial charge on any atom is -0.455 e. The predicted octanol–water partition coefficient (Wildman–Crippen LogP) is 6.46. The van der Waals surface area contributed by atoms with Gasteiger partial charge in [0.1, 0.15) is 11.3 Å². The van der Waals surface area contributed by atoms with Crippen LogP contribution in [0.5, 0.6) is 0 Å². The smallest absolute Gasteiger partial charge is 0.274 e. The fourth-order valence-electron chi connectivity index (χ4n) is 3.43. The largest absolute Gasteiger partial charge is 0.455 e. The van der Waals surface area contributed by atoms with Gasteiger partial charge in [-0.25, -0.2) is 0 Å². The number of aryl methyl sites for hydroxylation is 4. The summed E-state index contributed by atoms with van der Waals surface area (Å²) in [6.07, 6.45) is 0. The van der Waals surface area contributed by atoms with E-state index in [9.17, 15) is 10.1 Å². The Morgan fingerprint density at radius 3 is 2.52 bits per heavy atom. The van der Waals surface area contributed by atoms with Gasteiger partial charge in [-0.1, -0.05) is 12.1 Å². The van der Waals surface area contributed by atoms with Crippen molar-refractivity contribution in [1.82, 2.24) is 0 Å². The minimum absolute atomic E-state index is 0.179. The van der Waals surface area contributed by atoms with Crippen molar-refractivity contribution in [2.75, 3.05) is 0 Å². The number of benzene rings is 2. The van der Waals surface area contributed by atoms with E-state index >= 15 is 0 Å². The zero-order chi connectivity index (χ0) is 17.9. The molecule has 0 aliphatic rings. The van der Waals surface area contributed by atoms with Crippen LogP contribution in [-0.2, 0) is 0 Å². The molecule has 0 saturated carbocycles. The average Bonchev–Trinajstić information content (AvgIpc) is 3.11. The summed E-state index contributed by atoms with van der Waals surface area (Å²) in [4.78, 5) is 12.1. The first-order chi connectivity index (χ1) is 11.9. The number of hydrogen-bond acceptors (Lipinski definition) is 4. The fourth-order valence-corrected chi connectivity index (χ4v) is 4.76. The molecule has 0 aliphatic heterocycles. The van der Waals surface area contributed by atoms with Crippen molar-refractivity contribution in [1.29, 1.82) is 0 Å². The highest BCUT2D eigenvalue weighted by molar-refractivity contribution is 7.22. The number of nitro groups is 1. The summed E-state index contributed by atoms with van der Waals surface area (Å²) in [6, 6.07) is 9.87. The highest BCUT2D eigenvalue weighted by Crippen LogP contribution is 2.44. The number of nitrogens with zero attached hydrogens (tertiary/aromatic N) is 1. The molecule has 4 aromatic rings. The third-order valence-corrected chi connectivity index (χ3v) is 6.14. The van der Waals surface area contributed by atoms with E-state index in [-0.39, 0.29) is 10.6 Å². The van der Waals surface area contributed by atoms with Crippen LogP contribution in [0.15, 0.2) is 34.7 Å². The number of fused-ring (bicyclic) bond motifs is 2. The van der Waals surface area contributed by atoms with Gasteiger partial charge in [-0.3, -0.25) is 10.1 Å². The monoisotopic (exact) mass is 351 g/mol. The summed E-state index contributed by atoms with van der Waals surface area (Å²) in [5, 5.41) is 13.5. The number of thiophene rings is 1. The highest BCUT2D eigenvalue weighted by Gasteiger charge is 2.22. The molecular weight excluding hydrogens is 334 g/mol. The molecule has 2 aromatic heterocycles. The molecule has 2 aromatic carbocycles. The Morgan fingerprint density at radius 1 is 1.04 bits per heavy atom. The molecule has 0 spiro atoms. The second kappa shape index (κ2) is 5.43. The molecule has 0 radical (unpaired) electrons. The predicted molar refractivity (Wildman–Crippen MR) is 103 cm³/mol. The molecule has 0 fully saturated rings. The maximum Gasteiger partial charge on any atom is 0.274 e. The van der Waals surface area contributed by atoms with Crippen molar-refractivity contribution in [2.45, 2.75) is 27.7 Å². The Kier molecular flexibility index (Phi) is 3.44. The van der Waals surface area contributed by atoms with Crippen LogP contribution in [-0.4, -0.2) is 4.92 Å². The second-order valence-electron chi connectivity index (χ2n) is 6.51. The Balaban J connectivity index is 2.01. The molecule has 5 heteroatoms. The van der Waals surface area contributed by atoms with Crippen molar-refractivity contribution >= 4 is 38.1 Å². The molecule has 0 amide bonds. The Labute approximate surface area is 148 Å². The van der Waals surface area contributed by atoms with Gasteiger partial charge in [-0.2, -0.15) is 0 Å². The van der Waals surface area contributed by atoms with E-state index in [1.54, 1.807) is 17.4 Å². The molecular formula is C20H17NO3S. The van der Waals surface area contributed by atoms with Crippen LogP contribution >= 0.6 is 11.3 Å². The van der Waals surface area contributed by atoms with Gasteiger partial charge >= 0.3 is 0 Å². The molecule has 25 heavy (non-hydrogen) atoms. The van der Waals surface area contributed by atoms with Crippen LogP contribution in [0, 0.1) is 37.8 Å². The standard InChI is InChI=1S/C20H17NO3S/c1-10-5-6-14-9-17(24-16(14)7-10)19-13(4)18-11(2)8-15(21(22)23)12(3)20(18)25-19/h5-9H,1-4H3. The molecule has 0 N–H and O–H groups in total. The Hall–Kier alpha value is -2.66. The van der Waals surface area contributed by atoms with Gasteiger partial charge in [0.2, 0.25) is 0 Å². The van der Waals surface area contributed by atoms with Crippen molar-refractivity contribution in [3.05, 3.63) is 62.7 Å². The van der Waals surface area contributed by atoms with Gasteiger partial charge in [0, 0.05) is 21.7 Å². The van der Waals surface area contributed by atoms with Crippen LogP contribution in [0.3, 0.4) is 0 Å². The van der Waals surface area contributed by atoms with Crippen molar-refractivity contribution in [2.24, 2.45) is 0 Å². The molecule has 0 unspecified atom stereocenters. The lowest BCUT2D eigenvalue weighted by Gasteiger charge is -2.03. The van der Waals surface area contributed by atoms with E-state index in [4.69, 9.17) is 4.42 Å². The van der Waals surface area contributed by atoms with Gasteiger partial charge in [0.05, 0.1) is 9.80 Å². The molecule has 4 nitrogen and oxygen atoms in total. The molecule has 0 aliphatic carbocycles. The Bertz CT molecular complexity index is 1170. The normalized spacial score (nSPS) is 11.5. The van der Waals surface area contributed by atoms with E-state index < -0.39 is 0 Å². The van der Waals surface area contributed by atoms with Crippen LogP contribution in [0.2, 0.25) is 0 Å². The summed E-state index contributed by atoms with van der Waals surface area (Å²) in [5.74, 6) is 0.820. The fraction of sp³-hybridized carbons (Fsp3) is 0.200. The maximum absolute atomic E-state index is 11.3. The first kappa shape index (κ1) is 15.8. The highest BCUT2D eigenvalue weighted by atomic mass is 32.1. The first-order valence-electron chi connectivity index (χ1n) is 8.05. The maximum atomic E-state index is 11.3. The lowest BCUT2D eigenvalue weighted by molar-refractivity contribution is -0.385. The number of nitro benzene ring substituents is 1. The van der Waals surface area contributed by atoms with Crippen LogP contribution in [0.4, 0.5) is 5.69 Å². The zero-order valence-electron chi connectivity index (χ0n) is 14.5. The van der Waals surface area contributed by atoms with Gasteiger partial charge in [0.25, 0.3) is 5.69 Å². The Morgan fingerprint density at radius 2 is 1.80 bits per heavy atom.